The van der Waals surface area contributed by atoms with Gasteiger partial charge in [0.1, 0.15) is 0 Å². The fourth-order valence-corrected chi connectivity index (χ4v) is 2.27. The Morgan fingerprint density at radius 3 is 2.47 bits per heavy atom. The van der Waals surface area contributed by atoms with Gasteiger partial charge in [0.05, 0.1) is 5.52 Å². The third-order valence-corrected chi connectivity index (χ3v) is 3.07. The third kappa shape index (κ3) is 1.53. The Morgan fingerprint density at radius 2 is 1.71 bits per heavy atom. The first-order valence-corrected chi connectivity index (χ1v) is 5.71. The van der Waals surface area contributed by atoms with E-state index in [9.17, 15) is 0 Å². The minimum atomic E-state index is 1.08. The van der Waals surface area contributed by atoms with Crippen LogP contribution in [0.3, 0.4) is 0 Å². The summed E-state index contributed by atoms with van der Waals surface area (Å²) in [7, 11) is 4.15. The molecule has 0 saturated heterocycles. The van der Waals surface area contributed by atoms with Crippen molar-refractivity contribution in [3.8, 4) is 0 Å². The lowest BCUT2D eigenvalue weighted by Gasteiger charge is -2.16. The molecule has 0 bridgehead atoms. The molecule has 2 aromatic carbocycles. The molecule has 0 aliphatic carbocycles. The van der Waals surface area contributed by atoms with Gasteiger partial charge in [-0.05, 0) is 12.1 Å². The molecule has 2 heteroatoms. The highest BCUT2D eigenvalue weighted by Crippen LogP contribution is 2.31. The minimum Gasteiger partial charge on any atom is -0.377 e. The largest absolute Gasteiger partial charge is 0.377 e. The van der Waals surface area contributed by atoms with E-state index in [1.807, 2.05) is 12.3 Å². The lowest BCUT2D eigenvalue weighted by Crippen LogP contribution is -2.09. The van der Waals surface area contributed by atoms with Crippen molar-refractivity contribution >= 4 is 27.4 Å². The molecule has 0 saturated carbocycles. The summed E-state index contributed by atoms with van der Waals surface area (Å²) < 4.78 is 0. The molecule has 0 atom stereocenters. The Kier molecular flexibility index (Phi) is 2.22. The minimum absolute atomic E-state index is 1.08. The van der Waals surface area contributed by atoms with Gasteiger partial charge in [-0.1, -0.05) is 30.3 Å². The predicted octanol–water partition coefficient (Wildman–Crippen LogP) is 3.45. The Labute approximate surface area is 101 Å². The zero-order valence-electron chi connectivity index (χ0n) is 10.0. The van der Waals surface area contributed by atoms with E-state index in [4.69, 9.17) is 0 Å². The summed E-state index contributed by atoms with van der Waals surface area (Å²) in [6.45, 7) is 0. The Morgan fingerprint density at radius 1 is 0.941 bits per heavy atom. The summed E-state index contributed by atoms with van der Waals surface area (Å²) in [6, 6.07) is 14.7. The van der Waals surface area contributed by atoms with Crippen LogP contribution in [-0.2, 0) is 0 Å². The van der Waals surface area contributed by atoms with E-state index in [-0.39, 0.29) is 0 Å². The van der Waals surface area contributed by atoms with Crippen LogP contribution in [0.5, 0.6) is 0 Å². The molecule has 0 fully saturated rings. The summed E-state index contributed by atoms with van der Waals surface area (Å²) in [5.41, 5.74) is 2.31. The highest BCUT2D eigenvalue weighted by Gasteiger charge is 2.07. The maximum Gasteiger partial charge on any atom is 0.0781 e. The zero-order valence-corrected chi connectivity index (χ0v) is 10.0. The lowest BCUT2D eigenvalue weighted by molar-refractivity contribution is 1.14. The molecule has 0 aliphatic heterocycles. The molecule has 0 radical (unpaired) electrons. The van der Waals surface area contributed by atoms with E-state index in [0.29, 0.717) is 0 Å². The maximum atomic E-state index is 4.49. The summed E-state index contributed by atoms with van der Waals surface area (Å²) in [5, 5.41) is 3.66. The fourth-order valence-electron chi connectivity index (χ4n) is 2.27. The van der Waals surface area contributed by atoms with Crippen molar-refractivity contribution in [3.63, 3.8) is 0 Å². The molecular formula is C15H14N2. The predicted molar refractivity (Wildman–Crippen MR) is 73.6 cm³/mol. The van der Waals surface area contributed by atoms with Crippen LogP contribution < -0.4 is 4.90 Å². The van der Waals surface area contributed by atoms with Crippen LogP contribution in [0.15, 0.2) is 48.7 Å². The van der Waals surface area contributed by atoms with E-state index in [1.54, 1.807) is 0 Å². The normalized spacial score (nSPS) is 10.9. The molecule has 2 nitrogen and oxygen atoms in total. The van der Waals surface area contributed by atoms with Gasteiger partial charge in [0.2, 0.25) is 0 Å². The fraction of sp³-hybridized carbons (Fsp3) is 0.133. The van der Waals surface area contributed by atoms with Crippen LogP contribution in [0.2, 0.25) is 0 Å². The molecule has 0 spiro atoms. The Balaban J connectivity index is 2.55. The lowest BCUT2D eigenvalue weighted by atomic mass is 10.0. The van der Waals surface area contributed by atoms with E-state index in [2.05, 4.69) is 60.4 Å². The van der Waals surface area contributed by atoms with Gasteiger partial charge < -0.3 is 4.90 Å². The SMILES string of the molecule is CN(C)c1cc2cccnc2c2ccccc12. The number of fused-ring (bicyclic) bond motifs is 3. The van der Waals surface area contributed by atoms with Gasteiger partial charge in [0.15, 0.2) is 0 Å². The van der Waals surface area contributed by atoms with E-state index in [0.717, 1.165) is 5.52 Å². The van der Waals surface area contributed by atoms with Crippen LogP contribution in [0.4, 0.5) is 5.69 Å². The quantitative estimate of drug-likeness (QED) is 0.586. The van der Waals surface area contributed by atoms with Crippen LogP contribution in [-0.4, -0.2) is 19.1 Å². The van der Waals surface area contributed by atoms with Crippen LogP contribution in [0, 0.1) is 0 Å². The first-order chi connectivity index (χ1) is 8.27. The van der Waals surface area contributed by atoms with E-state index in [1.165, 1.54) is 21.8 Å². The highest BCUT2D eigenvalue weighted by molar-refractivity contribution is 6.11. The molecule has 3 aromatic rings. The number of pyridine rings is 1. The monoisotopic (exact) mass is 222 g/mol. The third-order valence-electron chi connectivity index (χ3n) is 3.07. The Hall–Kier alpha value is -2.09. The molecule has 17 heavy (non-hydrogen) atoms. The first kappa shape index (κ1) is 10.1. The van der Waals surface area contributed by atoms with Gasteiger partial charge in [0.25, 0.3) is 0 Å². The van der Waals surface area contributed by atoms with Gasteiger partial charge >= 0.3 is 0 Å². The first-order valence-electron chi connectivity index (χ1n) is 5.71. The number of hydrogen-bond acceptors (Lipinski definition) is 2. The second kappa shape index (κ2) is 3.74. The van der Waals surface area contributed by atoms with Gasteiger partial charge in [-0.3, -0.25) is 4.98 Å². The summed E-state index contributed by atoms with van der Waals surface area (Å²) >= 11 is 0. The topological polar surface area (TPSA) is 16.1 Å². The number of benzene rings is 2. The van der Waals surface area contributed by atoms with Crippen molar-refractivity contribution in [1.82, 2.24) is 4.98 Å². The second-order valence-electron chi connectivity index (χ2n) is 4.41. The van der Waals surface area contributed by atoms with Crippen LogP contribution in [0.25, 0.3) is 21.7 Å². The number of nitrogens with zero attached hydrogens (tertiary/aromatic N) is 2. The van der Waals surface area contributed by atoms with Crippen molar-refractivity contribution in [1.29, 1.82) is 0 Å². The molecule has 0 N–H and O–H groups in total. The molecule has 0 unspecified atom stereocenters. The van der Waals surface area contributed by atoms with Crippen molar-refractivity contribution in [2.45, 2.75) is 0 Å². The van der Waals surface area contributed by atoms with Gasteiger partial charge in [-0.15, -0.1) is 0 Å². The zero-order chi connectivity index (χ0) is 11.8. The number of rotatable bonds is 1. The number of hydrogen-bond donors (Lipinski definition) is 0. The molecule has 1 heterocycles. The second-order valence-corrected chi connectivity index (χ2v) is 4.41. The average molecular weight is 222 g/mol. The number of anilines is 1. The van der Waals surface area contributed by atoms with Gasteiger partial charge in [0, 0.05) is 42.1 Å². The number of aromatic nitrogens is 1. The standard InChI is InChI=1S/C15H14N2/c1-17(2)14-10-11-6-5-9-16-15(11)13-8-4-3-7-12(13)14/h3-10H,1-2H3. The summed E-state index contributed by atoms with van der Waals surface area (Å²) in [4.78, 5) is 6.64. The van der Waals surface area contributed by atoms with Gasteiger partial charge in [-0.25, -0.2) is 0 Å². The van der Waals surface area contributed by atoms with Gasteiger partial charge in [-0.2, -0.15) is 0 Å². The molecule has 3 rings (SSSR count). The van der Waals surface area contributed by atoms with Crippen molar-refractivity contribution in [3.05, 3.63) is 48.7 Å². The average Bonchev–Trinajstić information content (AvgIpc) is 2.37. The summed E-state index contributed by atoms with van der Waals surface area (Å²) in [5.74, 6) is 0. The smallest absolute Gasteiger partial charge is 0.0781 e. The molecule has 0 amide bonds. The van der Waals surface area contributed by atoms with Crippen molar-refractivity contribution in [2.75, 3.05) is 19.0 Å². The van der Waals surface area contributed by atoms with Crippen LogP contribution >= 0.6 is 0 Å². The molecule has 1 aromatic heterocycles. The Bertz CT molecular complexity index is 687. The summed E-state index contributed by atoms with van der Waals surface area (Å²) in [6.07, 6.45) is 1.85. The molecular weight excluding hydrogens is 208 g/mol. The highest BCUT2D eigenvalue weighted by atomic mass is 15.1. The maximum absolute atomic E-state index is 4.49. The van der Waals surface area contributed by atoms with Crippen LogP contribution in [0.1, 0.15) is 0 Å². The molecule has 0 aliphatic rings. The molecule has 84 valence electrons. The van der Waals surface area contributed by atoms with E-state index >= 15 is 0 Å². The van der Waals surface area contributed by atoms with Crippen molar-refractivity contribution in [2.24, 2.45) is 0 Å². The van der Waals surface area contributed by atoms with Crippen molar-refractivity contribution < 1.29 is 0 Å². The van der Waals surface area contributed by atoms with E-state index < -0.39 is 0 Å².